The molecule has 0 radical (unpaired) electrons. The zero-order valence-electron chi connectivity index (χ0n) is 11.1. The van der Waals surface area contributed by atoms with Gasteiger partial charge in [0.25, 0.3) is 0 Å². The number of nitriles is 1. The van der Waals surface area contributed by atoms with Crippen molar-refractivity contribution in [3.63, 3.8) is 0 Å². The fourth-order valence-electron chi connectivity index (χ4n) is 1.66. The molecule has 0 aliphatic heterocycles. The molecule has 0 atom stereocenters. The standard InChI is InChI=1S/C13H12FN3O3S/c1-2-9-7-16-13(20-9)8-17-21(18,19)12-5-3-4-11(14)10(12)6-15/h3-5,7,17H,2,8H2,1H3. The summed E-state index contributed by atoms with van der Waals surface area (Å²) in [6.45, 7) is 1.70. The molecule has 110 valence electrons. The minimum Gasteiger partial charge on any atom is -0.444 e. The molecule has 0 saturated heterocycles. The van der Waals surface area contributed by atoms with E-state index in [0.717, 1.165) is 12.1 Å². The molecule has 2 aromatic rings. The van der Waals surface area contributed by atoms with Gasteiger partial charge in [-0.05, 0) is 12.1 Å². The molecule has 0 aliphatic carbocycles. The molecule has 6 nitrogen and oxygen atoms in total. The number of benzene rings is 1. The molecular formula is C13H12FN3O3S. The van der Waals surface area contributed by atoms with Crippen LogP contribution in [0, 0.1) is 17.1 Å². The van der Waals surface area contributed by atoms with Crippen LogP contribution in [0.15, 0.2) is 33.7 Å². The van der Waals surface area contributed by atoms with Gasteiger partial charge in [-0.3, -0.25) is 0 Å². The van der Waals surface area contributed by atoms with Gasteiger partial charge in [0.15, 0.2) is 0 Å². The summed E-state index contributed by atoms with van der Waals surface area (Å²) in [5.41, 5.74) is -0.522. The van der Waals surface area contributed by atoms with Gasteiger partial charge < -0.3 is 4.42 Å². The molecule has 0 saturated carbocycles. The van der Waals surface area contributed by atoms with Gasteiger partial charge in [-0.15, -0.1) is 0 Å². The number of rotatable bonds is 5. The highest BCUT2D eigenvalue weighted by atomic mass is 32.2. The SMILES string of the molecule is CCc1cnc(CNS(=O)(=O)c2cccc(F)c2C#N)o1. The first-order valence-corrected chi connectivity index (χ1v) is 7.58. The van der Waals surface area contributed by atoms with Crippen LogP contribution in [0.3, 0.4) is 0 Å². The molecule has 21 heavy (non-hydrogen) atoms. The van der Waals surface area contributed by atoms with Gasteiger partial charge in [0.2, 0.25) is 15.9 Å². The molecule has 0 bridgehead atoms. The number of hydrogen-bond donors (Lipinski definition) is 1. The minimum atomic E-state index is -4.03. The Labute approximate surface area is 121 Å². The molecule has 1 N–H and O–H groups in total. The molecule has 0 fully saturated rings. The average molecular weight is 309 g/mol. The van der Waals surface area contributed by atoms with Crippen LogP contribution in [0.5, 0.6) is 0 Å². The molecule has 1 aromatic heterocycles. The average Bonchev–Trinajstić information content (AvgIpc) is 2.93. The van der Waals surface area contributed by atoms with Crippen molar-refractivity contribution in [2.75, 3.05) is 0 Å². The quantitative estimate of drug-likeness (QED) is 0.907. The van der Waals surface area contributed by atoms with Crippen molar-refractivity contribution in [1.82, 2.24) is 9.71 Å². The van der Waals surface area contributed by atoms with Crippen LogP contribution >= 0.6 is 0 Å². The van der Waals surface area contributed by atoms with Crippen LogP contribution in [0.1, 0.15) is 24.1 Å². The third-order valence-electron chi connectivity index (χ3n) is 2.74. The number of aryl methyl sites for hydroxylation is 1. The molecule has 0 unspecified atom stereocenters. The Morgan fingerprint density at radius 2 is 2.24 bits per heavy atom. The van der Waals surface area contributed by atoms with Gasteiger partial charge >= 0.3 is 0 Å². The topological polar surface area (TPSA) is 96.0 Å². The van der Waals surface area contributed by atoms with Crippen LogP contribution < -0.4 is 4.72 Å². The Kier molecular flexibility index (Phi) is 4.35. The second-order valence-electron chi connectivity index (χ2n) is 4.12. The fraction of sp³-hybridized carbons (Fsp3) is 0.231. The van der Waals surface area contributed by atoms with Crippen LogP contribution in [0.25, 0.3) is 0 Å². The second kappa shape index (κ2) is 6.03. The van der Waals surface area contributed by atoms with Crippen molar-refractivity contribution in [1.29, 1.82) is 5.26 Å². The molecule has 8 heteroatoms. The van der Waals surface area contributed by atoms with E-state index >= 15 is 0 Å². The van der Waals surface area contributed by atoms with E-state index in [1.807, 2.05) is 6.92 Å². The summed E-state index contributed by atoms with van der Waals surface area (Å²) in [5, 5.41) is 8.87. The van der Waals surface area contributed by atoms with E-state index in [2.05, 4.69) is 9.71 Å². The zero-order valence-corrected chi connectivity index (χ0v) is 11.9. The second-order valence-corrected chi connectivity index (χ2v) is 5.86. The first-order chi connectivity index (χ1) is 9.97. The summed E-state index contributed by atoms with van der Waals surface area (Å²) >= 11 is 0. The number of aromatic nitrogens is 1. The predicted octanol–water partition coefficient (Wildman–Crippen LogP) is 1.73. The molecule has 0 spiro atoms. The highest BCUT2D eigenvalue weighted by Gasteiger charge is 2.21. The molecule has 1 heterocycles. The Morgan fingerprint density at radius 1 is 1.48 bits per heavy atom. The molecular weight excluding hydrogens is 297 g/mol. The van der Waals surface area contributed by atoms with E-state index in [-0.39, 0.29) is 12.4 Å². The Hall–Kier alpha value is -2.24. The van der Waals surface area contributed by atoms with Crippen molar-refractivity contribution in [3.8, 4) is 6.07 Å². The van der Waals surface area contributed by atoms with Crippen molar-refractivity contribution >= 4 is 10.0 Å². The van der Waals surface area contributed by atoms with E-state index in [9.17, 15) is 12.8 Å². The van der Waals surface area contributed by atoms with Crippen LogP contribution in [0.4, 0.5) is 4.39 Å². The van der Waals surface area contributed by atoms with Gasteiger partial charge in [0.05, 0.1) is 12.7 Å². The Balaban J connectivity index is 2.23. The lowest BCUT2D eigenvalue weighted by molar-refractivity contribution is 0.452. The highest BCUT2D eigenvalue weighted by molar-refractivity contribution is 7.89. The summed E-state index contributed by atoms with van der Waals surface area (Å²) in [7, 11) is -4.03. The lowest BCUT2D eigenvalue weighted by Gasteiger charge is -2.07. The summed E-state index contributed by atoms with van der Waals surface area (Å²) < 4.78 is 45.2. The largest absolute Gasteiger partial charge is 0.444 e. The third-order valence-corrected chi connectivity index (χ3v) is 4.18. The van der Waals surface area contributed by atoms with Gasteiger partial charge in [-0.1, -0.05) is 13.0 Å². The number of halogens is 1. The summed E-state index contributed by atoms with van der Waals surface area (Å²) in [6.07, 6.45) is 2.15. The Morgan fingerprint density at radius 3 is 2.86 bits per heavy atom. The number of nitrogens with zero attached hydrogens (tertiary/aromatic N) is 2. The van der Waals surface area contributed by atoms with Crippen LogP contribution in [-0.4, -0.2) is 13.4 Å². The van der Waals surface area contributed by atoms with Gasteiger partial charge in [0.1, 0.15) is 28.1 Å². The first kappa shape index (κ1) is 15.2. The van der Waals surface area contributed by atoms with E-state index in [0.29, 0.717) is 12.2 Å². The van der Waals surface area contributed by atoms with E-state index in [4.69, 9.17) is 9.68 Å². The normalized spacial score (nSPS) is 11.3. The summed E-state index contributed by atoms with van der Waals surface area (Å²) in [6, 6.07) is 4.97. The van der Waals surface area contributed by atoms with Crippen molar-refractivity contribution in [3.05, 3.63) is 47.4 Å². The monoisotopic (exact) mass is 309 g/mol. The number of nitrogens with one attached hydrogen (secondary N) is 1. The molecule has 0 amide bonds. The summed E-state index contributed by atoms with van der Waals surface area (Å²) in [4.78, 5) is 3.50. The maximum atomic E-state index is 13.4. The molecule has 0 aliphatic rings. The first-order valence-electron chi connectivity index (χ1n) is 6.09. The van der Waals surface area contributed by atoms with Gasteiger partial charge in [-0.2, -0.15) is 5.26 Å². The van der Waals surface area contributed by atoms with E-state index in [1.165, 1.54) is 12.3 Å². The van der Waals surface area contributed by atoms with Gasteiger partial charge in [-0.25, -0.2) is 22.5 Å². The fourth-order valence-corrected chi connectivity index (χ4v) is 2.80. The van der Waals surface area contributed by atoms with Gasteiger partial charge in [0, 0.05) is 6.42 Å². The molecule has 1 aromatic carbocycles. The number of oxazole rings is 1. The van der Waals surface area contributed by atoms with E-state index < -0.39 is 26.3 Å². The number of sulfonamides is 1. The predicted molar refractivity (Wildman–Crippen MR) is 71.0 cm³/mol. The smallest absolute Gasteiger partial charge is 0.242 e. The lowest BCUT2D eigenvalue weighted by Crippen LogP contribution is -2.24. The maximum absolute atomic E-state index is 13.4. The maximum Gasteiger partial charge on any atom is 0.242 e. The number of hydrogen-bond acceptors (Lipinski definition) is 5. The van der Waals surface area contributed by atoms with E-state index in [1.54, 1.807) is 6.07 Å². The van der Waals surface area contributed by atoms with Crippen molar-refractivity contribution in [2.45, 2.75) is 24.8 Å². The minimum absolute atomic E-state index is 0.177. The highest BCUT2D eigenvalue weighted by Crippen LogP contribution is 2.18. The van der Waals surface area contributed by atoms with Crippen LogP contribution in [-0.2, 0) is 23.0 Å². The third kappa shape index (κ3) is 3.26. The molecule has 2 rings (SSSR count). The Bertz CT molecular complexity index is 793. The van der Waals surface area contributed by atoms with Crippen molar-refractivity contribution in [2.24, 2.45) is 0 Å². The summed E-state index contributed by atoms with van der Waals surface area (Å²) in [5.74, 6) is -0.0530. The lowest BCUT2D eigenvalue weighted by atomic mass is 10.2. The van der Waals surface area contributed by atoms with Crippen molar-refractivity contribution < 1.29 is 17.2 Å². The van der Waals surface area contributed by atoms with Crippen LogP contribution in [0.2, 0.25) is 0 Å². The zero-order chi connectivity index (χ0) is 15.5.